The molecule has 0 heterocycles. The van der Waals surface area contributed by atoms with Crippen LogP contribution in [-0.4, -0.2) is 17.0 Å². The zero-order chi connectivity index (χ0) is 15.6. The van der Waals surface area contributed by atoms with Gasteiger partial charge in [0, 0.05) is 5.56 Å². The van der Waals surface area contributed by atoms with Crippen molar-refractivity contribution in [3.63, 3.8) is 0 Å². The van der Waals surface area contributed by atoms with Gasteiger partial charge < -0.3 is 10.4 Å². The maximum atomic E-state index is 12.3. The minimum atomic E-state index is -1.05. The Labute approximate surface area is 123 Å². The molecule has 0 fully saturated rings. The topological polar surface area (TPSA) is 66.4 Å². The average molecular weight is 283 g/mol. The summed E-state index contributed by atoms with van der Waals surface area (Å²) in [4.78, 5) is 23.6. The maximum absolute atomic E-state index is 12.3. The van der Waals surface area contributed by atoms with Crippen molar-refractivity contribution in [3.05, 3.63) is 64.2 Å². The molecule has 0 aliphatic rings. The lowest BCUT2D eigenvalue weighted by Gasteiger charge is -2.12. The van der Waals surface area contributed by atoms with Crippen molar-refractivity contribution >= 4 is 17.6 Å². The summed E-state index contributed by atoms with van der Waals surface area (Å²) in [6.07, 6.45) is 0. The van der Waals surface area contributed by atoms with Gasteiger partial charge in [-0.2, -0.15) is 0 Å². The minimum Gasteiger partial charge on any atom is -0.478 e. The predicted octanol–water partition coefficient (Wildman–Crippen LogP) is 3.56. The number of hydrogen-bond acceptors (Lipinski definition) is 2. The molecule has 0 aliphatic carbocycles. The van der Waals surface area contributed by atoms with Crippen LogP contribution in [0.15, 0.2) is 36.4 Å². The number of carbonyl (C=O) groups excluding carboxylic acids is 1. The Balaban J connectivity index is 2.36. The molecule has 1 amide bonds. The molecule has 2 N–H and O–H groups in total. The fraction of sp³-hybridized carbons (Fsp3) is 0.176. The van der Waals surface area contributed by atoms with Gasteiger partial charge in [0.05, 0.1) is 11.3 Å². The van der Waals surface area contributed by atoms with Crippen LogP contribution < -0.4 is 5.32 Å². The summed E-state index contributed by atoms with van der Waals surface area (Å²) in [5.74, 6) is -1.36. The zero-order valence-corrected chi connectivity index (χ0v) is 12.2. The average Bonchev–Trinajstić information content (AvgIpc) is 2.37. The molecular formula is C17H17NO3. The minimum absolute atomic E-state index is 0.121. The van der Waals surface area contributed by atoms with Crippen LogP contribution >= 0.6 is 0 Å². The summed E-state index contributed by atoms with van der Waals surface area (Å²) in [7, 11) is 0. The molecule has 0 aliphatic heterocycles. The quantitative estimate of drug-likeness (QED) is 0.905. The lowest BCUT2D eigenvalue weighted by atomic mass is 10.0. The molecule has 2 aromatic rings. The highest BCUT2D eigenvalue weighted by atomic mass is 16.4. The second kappa shape index (κ2) is 5.79. The van der Waals surface area contributed by atoms with E-state index in [0.29, 0.717) is 16.8 Å². The van der Waals surface area contributed by atoms with Crippen LogP contribution in [0.1, 0.15) is 37.4 Å². The number of aryl methyl sites for hydroxylation is 3. The van der Waals surface area contributed by atoms with Crippen LogP contribution in [0, 0.1) is 20.8 Å². The number of hydrogen-bond donors (Lipinski definition) is 2. The molecule has 108 valence electrons. The molecule has 0 unspecified atom stereocenters. The number of nitrogens with one attached hydrogen (secondary N) is 1. The van der Waals surface area contributed by atoms with Crippen LogP contribution in [0.25, 0.3) is 0 Å². The maximum Gasteiger partial charge on any atom is 0.338 e. The van der Waals surface area contributed by atoms with Gasteiger partial charge in [-0.25, -0.2) is 4.79 Å². The summed E-state index contributed by atoms with van der Waals surface area (Å²) >= 11 is 0. The van der Waals surface area contributed by atoms with Gasteiger partial charge in [-0.3, -0.25) is 4.79 Å². The summed E-state index contributed by atoms with van der Waals surface area (Å²) < 4.78 is 0. The number of carboxylic acid groups (broad SMARTS) is 1. The van der Waals surface area contributed by atoms with Crippen molar-refractivity contribution in [2.75, 3.05) is 5.32 Å². The predicted molar refractivity (Wildman–Crippen MR) is 82.0 cm³/mol. The summed E-state index contributed by atoms with van der Waals surface area (Å²) in [6.45, 7) is 5.52. The summed E-state index contributed by atoms with van der Waals surface area (Å²) in [5, 5.41) is 12.0. The van der Waals surface area contributed by atoms with Crippen molar-refractivity contribution in [2.45, 2.75) is 20.8 Å². The van der Waals surface area contributed by atoms with Crippen LogP contribution in [0.2, 0.25) is 0 Å². The van der Waals surface area contributed by atoms with E-state index < -0.39 is 5.97 Å². The van der Waals surface area contributed by atoms with Gasteiger partial charge in [0.15, 0.2) is 0 Å². The number of carboxylic acids is 1. The molecule has 21 heavy (non-hydrogen) atoms. The Bertz CT molecular complexity index is 720. The molecule has 0 atom stereocenters. The zero-order valence-electron chi connectivity index (χ0n) is 12.2. The normalized spacial score (nSPS) is 10.2. The largest absolute Gasteiger partial charge is 0.478 e. The highest BCUT2D eigenvalue weighted by molar-refractivity contribution is 6.08. The third-order valence-electron chi connectivity index (χ3n) is 3.36. The molecule has 0 spiro atoms. The van der Waals surface area contributed by atoms with Gasteiger partial charge in [0.1, 0.15) is 0 Å². The first-order valence-corrected chi connectivity index (χ1v) is 6.61. The van der Waals surface area contributed by atoms with E-state index in [9.17, 15) is 14.7 Å². The van der Waals surface area contributed by atoms with Crippen molar-refractivity contribution in [1.29, 1.82) is 0 Å². The first kappa shape index (κ1) is 14.8. The van der Waals surface area contributed by atoms with Crippen molar-refractivity contribution in [3.8, 4) is 0 Å². The van der Waals surface area contributed by atoms with Gasteiger partial charge in [0.2, 0.25) is 0 Å². The number of rotatable bonds is 3. The van der Waals surface area contributed by atoms with E-state index in [1.807, 2.05) is 26.0 Å². The van der Waals surface area contributed by atoms with E-state index in [4.69, 9.17) is 0 Å². The third-order valence-corrected chi connectivity index (χ3v) is 3.36. The van der Waals surface area contributed by atoms with Crippen molar-refractivity contribution < 1.29 is 14.7 Å². The molecule has 0 saturated heterocycles. The first-order chi connectivity index (χ1) is 9.90. The molecule has 2 aromatic carbocycles. The SMILES string of the molecule is Cc1ccc(C(=O)Nc2cccc(C)c2C(=O)O)c(C)c1. The second-order valence-corrected chi connectivity index (χ2v) is 5.08. The standard InChI is InChI=1S/C17H17NO3/c1-10-7-8-13(12(3)9-10)16(19)18-14-6-4-5-11(2)15(14)17(20)21/h4-9H,1-3H3,(H,18,19)(H,20,21). The van der Waals surface area contributed by atoms with Gasteiger partial charge in [-0.05, 0) is 44.0 Å². The summed E-state index contributed by atoms with van der Waals surface area (Å²) in [6, 6.07) is 10.5. The number of carbonyl (C=O) groups is 2. The Kier molecular flexibility index (Phi) is 4.08. The van der Waals surface area contributed by atoms with E-state index in [2.05, 4.69) is 5.32 Å². The Morgan fingerprint density at radius 1 is 1.00 bits per heavy atom. The molecule has 0 bridgehead atoms. The van der Waals surface area contributed by atoms with E-state index in [1.165, 1.54) is 0 Å². The molecule has 4 nitrogen and oxygen atoms in total. The molecule has 0 aromatic heterocycles. The van der Waals surface area contributed by atoms with E-state index in [0.717, 1.165) is 11.1 Å². The number of aromatic carboxylic acids is 1. The monoisotopic (exact) mass is 283 g/mol. The molecule has 2 rings (SSSR count). The molecule has 0 saturated carbocycles. The second-order valence-electron chi connectivity index (χ2n) is 5.08. The third kappa shape index (κ3) is 3.11. The number of benzene rings is 2. The van der Waals surface area contributed by atoms with Crippen LogP contribution in [-0.2, 0) is 0 Å². The van der Waals surface area contributed by atoms with Gasteiger partial charge in [-0.15, -0.1) is 0 Å². The fourth-order valence-electron chi connectivity index (χ4n) is 2.31. The highest BCUT2D eigenvalue weighted by Gasteiger charge is 2.16. The van der Waals surface area contributed by atoms with Crippen molar-refractivity contribution in [1.82, 2.24) is 0 Å². The molecule has 4 heteroatoms. The summed E-state index contributed by atoms with van der Waals surface area (Å²) in [5.41, 5.74) is 3.52. The van der Waals surface area contributed by atoms with Crippen LogP contribution in [0.5, 0.6) is 0 Å². The van der Waals surface area contributed by atoms with E-state index in [1.54, 1.807) is 31.2 Å². The van der Waals surface area contributed by atoms with Crippen LogP contribution in [0.4, 0.5) is 5.69 Å². The van der Waals surface area contributed by atoms with E-state index >= 15 is 0 Å². The van der Waals surface area contributed by atoms with Gasteiger partial charge >= 0.3 is 5.97 Å². The van der Waals surface area contributed by atoms with Gasteiger partial charge in [-0.1, -0.05) is 29.8 Å². The lowest BCUT2D eigenvalue weighted by Crippen LogP contribution is -2.16. The lowest BCUT2D eigenvalue weighted by molar-refractivity contribution is 0.0697. The first-order valence-electron chi connectivity index (χ1n) is 6.61. The van der Waals surface area contributed by atoms with Gasteiger partial charge in [0.25, 0.3) is 5.91 Å². The molecular weight excluding hydrogens is 266 g/mol. The van der Waals surface area contributed by atoms with Crippen LogP contribution in [0.3, 0.4) is 0 Å². The fourth-order valence-corrected chi connectivity index (χ4v) is 2.31. The molecule has 0 radical (unpaired) electrons. The Hall–Kier alpha value is -2.62. The highest BCUT2D eigenvalue weighted by Crippen LogP contribution is 2.21. The Morgan fingerprint density at radius 3 is 2.33 bits per heavy atom. The smallest absolute Gasteiger partial charge is 0.338 e. The Morgan fingerprint density at radius 2 is 1.71 bits per heavy atom. The number of anilines is 1. The van der Waals surface area contributed by atoms with Crippen molar-refractivity contribution in [2.24, 2.45) is 0 Å². The van der Waals surface area contributed by atoms with E-state index in [-0.39, 0.29) is 11.5 Å². The number of amides is 1.